The fourth-order valence-corrected chi connectivity index (χ4v) is 1.44. The fraction of sp³-hybridized carbons (Fsp3) is 0.500. The van der Waals surface area contributed by atoms with Crippen molar-refractivity contribution in [1.29, 1.82) is 0 Å². The van der Waals surface area contributed by atoms with Crippen molar-refractivity contribution in [2.24, 2.45) is 5.41 Å². The SMILES string of the molecule is CCC(C)(C)CNc1cc(Cl)ccc1[N+](=O)[O-]. The minimum Gasteiger partial charge on any atom is -0.379 e. The number of hydrogen-bond acceptors (Lipinski definition) is 3. The molecule has 0 atom stereocenters. The molecule has 5 heteroatoms. The first kappa shape index (κ1) is 13.8. The zero-order valence-electron chi connectivity index (χ0n) is 10.3. The highest BCUT2D eigenvalue weighted by Crippen LogP contribution is 2.29. The number of halogens is 1. The average molecular weight is 257 g/mol. The summed E-state index contributed by atoms with van der Waals surface area (Å²) in [5.41, 5.74) is 0.626. The molecule has 0 radical (unpaired) electrons. The predicted molar refractivity (Wildman–Crippen MR) is 70.7 cm³/mol. The van der Waals surface area contributed by atoms with Crippen molar-refractivity contribution in [1.82, 2.24) is 0 Å². The van der Waals surface area contributed by atoms with E-state index in [4.69, 9.17) is 11.6 Å². The molecule has 0 aromatic heterocycles. The van der Waals surface area contributed by atoms with Gasteiger partial charge in [-0.05, 0) is 24.0 Å². The van der Waals surface area contributed by atoms with Crippen LogP contribution in [0.4, 0.5) is 11.4 Å². The van der Waals surface area contributed by atoms with Gasteiger partial charge in [0, 0.05) is 17.6 Å². The van der Waals surface area contributed by atoms with Gasteiger partial charge in [0.05, 0.1) is 4.92 Å². The molecule has 0 amide bonds. The van der Waals surface area contributed by atoms with Crippen molar-refractivity contribution >= 4 is 23.0 Å². The number of hydrogen-bond donors (Lipinski definition) is 1. The van der Waals surface area contributed by atoms with Crippen molar-refractivity contribution in [2.45, 2.75) is 27.2 Å². The molecule has 0 spiro atoms. The Morgan fingerprint density at radius 1 is 1.47 bits per heavy atom. The maximum absolute atomic E-state index is 10.8. The first-order valence-electron chi connectivity index (χ1n) is 5.53. The lowest BCUT2D eigenvalue weighted by Gasteiger charge is -2.23. The molecule has 1 aromatic carbocycles. The Labute approximate surface area is 106 Å². The van der Waals surface area contributed by atoms with Crippen LogP contribution in [0.1, 0.15) is 27.2 Å². The molecule has 4 nitrogen and oxygen atoms in total. The number of benzene rings is 1. The summed E-state index contributed by atoms with van der Waals surface area (Å²) in [5.74, 6) is 0. The van der Waals surface area contributed by atoms with Crippen LogP contribution in [-0.2, 0) is 0 Å². The minimum absolute atomic E-state index is 0.0568. The summed E-state index contributed by atoms with van der Waals surface area (Å²) in [4.78, 5) is 10.4. The zero-order chi connectivity index (χ0) is 13.1. The molecule has 0 saturated carbocycles. The number of nitro benzene ring substituents is 1. The second-order valence-corrected chi connectivity index (χ2v) is 5.23. The molecule has 0 saturated heterocycles. The lowest BCUT2D eigenvalue weighted by molar-refractivity contribution is -0.384. The van der Waals surface area contributed by atoms with E-state index in [0.717, 1.165) is 6.42 Å². The van der Waals surface area contributed by atoms with Crippen LogP contribution in [0.5, 0.6) is 0 Å². The fourth-order valence-electron chi connectivity index (χ4n) is 1.27. The van der Waals surface area contributed by atoms with Gasteiger partial charge in [-0.2, -0.15) is 0 Å². The summed E-state index contributed by atoms with van der Waals surface area (Å²) in [5, 5.41) is 14.4. The van der Waals surface area contributed by atoms with Crippen molar-refractivity contribution in [3.05, 3.63) is 33.3 Å². The van der Waals surface area contributed by atoms with Crippen molar-refractivity contribution in [3.8, 4) is 0 Å². The maximum atomic E-state index is 10.8. The summed E-state index contributed by atoms with van der Waals surface area (Å²) in [6.45, 7) is 6.98. The van der Waals surface area contributed by atoms with Gasteiger partial charge in [-0.1, -0.05) is 32.4 Å². The monoisotopic (exact) mass is 256 g/mol. The quantitative estimate of drug-likeness (QED) is 0.637. The van der Waals surface area contributed by atoms with Crippen LogP contribution in [0.15, 0.2) is 18.2 Å². The molecule has 0 heterocycles. The molecule has 0 aliphatic heterocycles. The number of rotatable bonds is 5. The predicted octanol–water partition coefficient (Wildman–Crippen LogP) is 4.10. The van der Waals surface area contributed by atoms with Crippen LogP contribution >= 0.6 is 11.6 Å². The highest BCUT2D eigenvalue weighted by Gasteiger charge is 2.18. The highest BCUT2D eigenvalue weighted by atomic mass is 35.5. The third-order valence-electron chi connectivity index (χ3n) is 2.87. The summed E-state index contributed by atoms with van der Waals surface area (Å²) >= 11 is 5.84. The van der Waals surface area contributed by atoms with Crippen LogP contribution in [0.2, 0.25) is 5.02 Å². The van der Waals surface area contributed by atoms with Gasteiger partial charge < -0.3 is 5.32 Å². The topological polar surface area (TPSA) is 55.2 Å². The summed E-state index contributed by atoms with van der Waals surface area (Å²) in [6, 6.07) is 4.53. The first-order chi connectivity index (χ1) is 7.85. The maximum Gasteiger partial charge on any atom is 0.292 e. The van der Waals surface area contributed by atoms with E-state index in [1.54, 1.807) is 6.07 Å². The molecular weight excluding hydrogens is 240 g/mol. The molecule has 0 bridgehead atoms. The smallest absolute Gasteiger partial charge is 0.292 e. The Balaban J connectivity index is 2.89. The molecular formula is C12H17ClN2O2. The number of anilines is 1. The van der Waals surface area contributed by atoms with E-state index in [1.807, 2.05) is 0 Å². The molecule has 0 aliphatic rings. The Morgan fingerprint density at radius 2 is 2.12 bits per heavy atom. The Kier molecular flexibility index (Phi) is 4.34. The highest BCUT2D eigenvalue weighted by molar-refractivity contribution is 6.31. The second-order valence-electron chi connectivity index (χ2n) is 4.79. The van der Waals surface area contributed by atoms with E-state index in [2.05, 4.69) is 26.1 Å². The second kappa shape index (κ2) is 5.36. The third-order valence-corrected chi connectivity index (χ3v) is 3.10. The van der Waals surface area contributed by atoms with Gasteiger partial charge in [0.2, 0.25) is 0 Å². The van der Waals surface area contributed by atoms with Gasteiger partial charge >= 0.3 is 0 Å². The van der Waals surface area contributed by atoms with Gasteiger partial charge in [0.25, 0.3) is 5.69 Å². The van der Waals surface area contributed by atoms with Crippen LogP contribution < -0.4 is 5.32 Å². The van der Waals surface area contributed by atoms with Gasteiger partial charge in [-0.3, -0.25) is 10.1 Å². The lowest BCUT2D eigenvalue weighted by atomic mass is 9.90. The van der Waals surface area contributed by atoms with E-state index >= 15 is 0 Å². The molecule has 94 valence electrons. The number of nitro groups is 1. The standard InChI is InChI=1S/C12H17ClN2O2/c1-4-12(2,3)8-14-10-7-9(13)5-6-11(10)15(16)17/h5-7,14H,4,8H2,1-3H3. The normalized spacial score (nSPS) is 11.3. The van der Waals surface area contributed by atoms with E-state index < -0.39 is 4.92 Å². The van der Waals surface area contributed by atoms with Crippen molar-refractivity contribution < 1.29 is 4.92 Å². The minimum atomic E-state index is -0.405. The van der Waals surface area contributed by atoms with Gasteiger partial charge in [-0.15, -0.1) is 0 Å². The van der Waals surface area contributed by atoms with Crippen molar-refractivity contribution in [3.63, 3.8) is 0 Å². The van der Waals surface area contributed by atoms with Crippen LogP contribution in [0.25, 0.3) is 0 Å². The van der Waals surface area contributed by atoms with E-state index in [9.17, 15) is 10.1 Å². The molecule has 17 heavy (non-hydrogen) atoms. The number of nitrogens with one attached hydrogen (secondary N) is 1. The lowest BCUT2D eigenvalue weighted by Crippen LogP contribution is -2.22. The van der Waals surface area contributed by atoms with Crippen LogP contribution in [0, 0.1) is 15.5 Å². The van der Waals surface area contributed by atoms with Crippen LogP contribution in [0.3, 0.4) is 0 Å². The third kappa shape index (κ3) is 3.89. The van der Waals surface area contributed by atoms with E-state index in [0.29, 0.717) is 17.3 Å². The van der Waals surface area contributed by atoms with E-state index in [-0.39, 0.29) is 11.1 Å². The largest absolute Gasteiger partial charge is 0.379 e. The van der Waals surface area contributed by atoms with Gasteiger partial charge in [0.1, 0.15) is 5.69 Å². The zero-order valence-corrected chi connectivity index (χ0v) is 11.0. The molecule has 0 fully saturated rings. The van der Waals surface area contributed by atoms with Gasteiger partial charge in [-0.25, -0.2) is 0 Å². The van der Waals surface area contributed by atoms with Gasteiger partial charge in [0.15, 0.2) is 0 Å². The summed E-state index contributed by atoms with van der Waals surface area (Å²) < 4.78 is 0. The Morgan fingerprint density at radius 3 is 2.65 bits per heavy atom. The Bertz CT molecular complexity index is 419. The summed E-state index contributed by atoms with van der Waals surface area (Å²) in [7, 11) is 0. The van der Waals surface area contributed by atoms with E-state index in [1.165, 1.54) is 12.1 Å². The molecule has 1 N–H and O–H groups in total. The molecule has 0 unspecified atom stereocenters. The Hall–Kier alpha value is -1.29. The van der Waals surface area contributed by atoms with Crippen molar-refractivity contribution in [2.75, 3.05) is 11.9 Å². The molecule has 1 rings (SSSR count). The average Bonchev–Trinajstić information content (AvgIpc) is 2.26. The first-order valence-corrected chi connectivity index (χ1v) is 5.91. The number of nitrogens with zero attached hydrogens (tertiary/aromatic N) is 1. The summed E-state index contributed by atoms with van der Waals surface area (Å²) in [6.07, 6.45) is 0.994. The van der Waals surface area contributed by atoms with Crippen LogP contribution in [-0.4, -0.2) is 11.5 Å². The molecule has 0 aliphatic carbocycles. The molecule has 1 aromatic rings.